The average molecular weight is 354 g/mol. The van der Waals surface area contributed by atoms with Crippen molar-refractivity contribution in [3.63, 3.8) is 0 Å². The SMILES string of the molecule is CCn1c(S[C@H](C)C(=O)NC(N)=O)nc2sc(C)c(C)c2c1=O. The zero-order chi connectivity index (χ0) is 17.3. The van der Waals surface area contributed by atoms with E-state index < -0.39 is 17.2 Å². The molecule has 124 valence electrons. The summed E-state index contributed by atoms with van der Waals surface area (Å²) in [6, 6.07) is -0.900. The third kappa shape index (κ3) is 3.40. The third-order valence-electron chi connectivity index (χ3n) is 3.47. The highest BCUT2D eigenvalue weighted by atomic mass is 32.2. The molecule has 0 saturated heterocycles. The van der Waals surface area contributed by atoms with Crippen LogP contribution in [0.5, 0.6) is 0 Å². The first kappa shape index (κ1) is 17.5. The summed E-state index contributed by atoms with van der Waals surface area (Å²) in [6.07, 6.45) is 0. The van der Waals surface area contributed by atoms with Crippen molar-refractivity contribution < 1.29 is 9.59 Å². The zero-order valence-corrected chi connectivity index (χ0v) is 14.9. The van der Waals surface area contributed by atoms with Crippen LogP contribution in [0.2, 0.25) is 0 Å². The van der Waals surface area contributed by atoms with Crippen LogP contribution in [0.3, 0.4) is 0 Å². The molecular weight excluding hydrogens is 336 g/mol. The topological polar surface area (TPSA) is 107 Å². The lowest BCUT2D eigenvalue weighted by Crippen LogP contribution is -2.39. The molecule has 2 heterocycles. The number of urea groups is 1. The number of thioether (sulfide) groups is 1. The number of hydrogen-bond donors (Lipinski definition) is 2. The molecule has 7 nitrogen and oxygen atoms in total. The maximum atomic E-state index is 12.7. The fourth-order valence-corrected chi connectivity index (χ4v) is 4.16. The molecule has 0 fully saturated rings. The van der Waals surface area contributed by atoms with Crippen LogP contribution in [0.4, 0.5) is 4.79 Å². The maximum absolute atomic E-state index is 12.7. The molecule has 0 radical (unpaired) electrons. The van der Waals surface area contributed by atoms with E-state index in [1.807, 2.05) is 26.1 Å². The van der Waals surface area contributed by atoms with Crippen LogP contribution in [0, 0.1) is 13.8 Å². The Labute approximate surface area is 141 Å². The number of nitrogens with two attached hydrogens (primary N) is 1. The van der Waals surface area contributed by atoms with Gasteiger partial charge in [0, 0.05) is 11.4 Å². The lowest BCUT2D eigenvalue weighted by atomic mass is 10.2. The molecule has 2 aromatic heterocycles. The average Bonchev–Trinajstić information content (AvgIpc) is 2.73. The number of fused-ring (bicyclic) bond motifs is 1. The maximum Gasteiger partial charge on any atom is 0.318 e. The summed E-state index contributed by atoms with van der Waals surface area (Å²) in [6.45, 7) is 7.79. The lowest BCUT2D eigenvalue weighted by molar-refractivity contribution is -0.119. The Bertz CT molecular complexity index is 841. The molecule has 0 aromatic carbocycles. The van der Waals surface area contributed by atoms with Gasteiger partial charge in [-0.25, -0.2) is 9.78 Å². The monoisotopic (exact) mass is 354 g/mol. The minimum Gasteiger partial charge on any atom is -0.351 e. The summed E-state index contributed by atoms with van der Waals surface area (Å²) in [5.74, 6) is -0.516. The van der Waals surface area contributed by atoms with Crippen molar-refractivity contribution in [2.45, 2.75) is 44.6 Å². The molecule has 0 spiro atoms. The highest BCUT2D eigenvalue weighted by Crippen LogP contribution is 2.29. The first-order valence-electron chi connectivity index (χ1n) is 7.03. The van der Waals surface area contributed by atoms with E-state index in [-0.39, 0.29) is 5.56 Å². The van der Waals surface area contributed by atoms with E-state index in [1.54, 1.807) is 11.5 Å². The normalized spacial score (nSPS) is 12.3. The number of aryl methyl sites for hydroxylation is 2. The summed E-state index contributed by atoms with van der Waals surface area (Å²) >= 11 is 2.59. The first-order chi connectivity index (χ1) is 10.8. The predicted octanol–water partition coefficient (Wildman–Crippen LogP) is 1.77. The molecule has 0 unspecified atom stereocenters. The van der Waals surface area contributed by atoms with Crippen LogP contribution in [-0.4, -0.2) is 26.7 Å². The number of rotatable bonds is 4. The molecule has 2 rings (SSSR count). The van der Waals surface area contributed by atoms with E-state index >= 15 is 0 Å². The molecule has 9 heteroatoms. The number of carbonyl (C=O) groups excluding carboxylic acids is 2. The van der Waals surface area contributed by atoms with Gasteiger partial charge in [0.15, 0.2) is 5.16 Å². The summed E-state index contributed by atoms with van der Waals surface area (Å²) < 4.78 is 1.54. The van der Waals surface area contributed by atoms with Crippen molar-refractivity contribution in [2.24, 2.45) is 5.73 Å². The van der Waals surface area contributed by atoms with Crippen molar-refractivity contribution in [2.75, 3.05) is 0 Å². The quantitative estimate of drug-likeness (QED) is 0.643. The van der Waals surface area contributed by atoms with Crippen LogP contribution in [-0.2, 0) is 11.3 Å². The van der Waals surface area contributed by atoms with Gasteiger partial charge in [-0.3, -0.25) is 19.5 Å². The molecule has 0 aliphatic heterocycles. The van der Waals surface area contributed by atoms with Crippen LogP contribution in [0.15, 0.2) is 9.95 Å². The Morgan fingerprint density at radius 2 is 2.09 bits per heavy atom. The molecule has 23 heavy (non-hydrogen) atoms. The minimum absolute atomic E-state index is 0.107. The standard InChI is InChI=1S/C14H18N4O3S2/c1-5-18-12(20)9-6(2)7(3)22-11(9)17-14(18)23-8(4)10(19)16-13(15)21/h8H,5H2,1-4H3,(H3,15,16,19,21)/t8-/m1/s1. The Morgan fingerprint density at radius 3 is 2.65 bits per heavy atom. The number of imide groups is 1. The van der Waals surface area contributed by atoms with Gasteiger partial charge in [0.05, 0.1) is 10.6 Å². The van der Waals surface area contributed by atoms with E-state index in [4.69, 9.17) is 5.73 Å². The Balaban J connectivity index is 2.46. The number of hydrogen-bond acceptors (Lipinski definition) is 6. The summed E-state index contributed by atoms with van der Waals surface area (Å²) in [7, 11) is 0. The van der Waals surface area contributed by atoms with Crippen LogP contribution >= 0.6 is 23.1 Å². The van der Waals surface area contributed by atoms with Gasteiger partial charge < -0.3 is 5.73 Å². The molecule has 2 aromatic rings. The highest BCUT2D eigenvalue weighted by Gasteiger charge is 2.21. The van der Waals surface area contributed by atoms with Gasteiger partial charge in [-0.1, -0.05) is 11.8 Å². The second kappa shape index (κ2) is 6.71. The van der Waals surface area contributed by atoms with Crippen molar-refractivity contribution in [3.05, 3.63) is 20.8 Å². The Morgan fingerprint density at radius 1 is 1.43 bits per heavy atom. The fraction of sp³-hybridized carbons (Fsp3) is 0.429. The molecule has 3 N–H and O–H groups in total. The molecule has 0 saturated carbocycles. The molecule has 0 aliphatic rings. The zero-order valence-electron chi connectivity index (χ0n) is 13.3. The van der Waals surface area contributed by atoms with Crippen molar-refractivity contribution in [1.82, 2.24) is 14.9 Å². The van der Waals surface area contributed by atoms with Crippen molar-refractivity contribution >= 4 is 45.3 Å². The molecule has 3 amide bonds. The smallest absolute Gasteiger partial charge is 0.318 e. The molecule has 0 bridgehead atoms. The van der Waals surface area contributed by atoms with Crippen molar-refractivity contribution in [1.29, 1.82) is 0 Å². The highest BCUT2D eigenvalue weighted by molar-refractivity contribution is 8.00. The number of nitrogens with zero attached hydrogens (tertiary/aromatic N) is 2. The van der Waals surface area contributed by atoms with Gasteiger partial charge in [0.2, 0.25) is 5.91 Å². The second-order valence-corrected chi connectivity index (χ2v) is 7.53. The Hall–Kier alpha value is -1.87. The van der Waals surface area contributed by atoms with E-state index in [0.29, 0.717) is 21.9 Å². The number of primary amides is 1. The first-order valence-corrected chi connectivity index (χ1v) is 8.73. The van der Waals surface area contributed by atoms with Gasteiger partial charge in [-0.05, 0) is 33.3 Å². The van der Waals surface area contributed by atoms with E-state index in [2.05, 4.69) is 4.98 Å². The number of aromatic nitrogens is 2. The summed E-state index contributed by atoms with van der Waals surface area (Å²) in [5.41, 5.74) is 5.79. The van der Waals surface area contributed by atoms with Gasteiger partial charge in [-0.15, -0.1) is 11.3 Å². The van der Waals surface area contributed by atoms with Crippen LogP contribution in [0.25, 0.3) is 10.2 Å². The molecule has 0 aliphatic carbocycles. The van der Waals surface area contributed by atoms with E-state index in [0.717, 1.165) is 22.2 Å². The predicted molar refractivity (Wildman–Crippen MR) is 92.1 cm³/mol. The van der Waals surface area contributed by atoms with Crippen molar-refractivity contribution in [3.8, 4) is 0 Å². The van der Waals surface area contributed by atoms with Crippen LogP contribution < -0.4 is 16.6 Å². The Kier molecular flexibility index (Phi) is 5.10. The largest absolute Gasteiger partial charge is 0.351 e. The summed E-state index contributed by atoms with van der Waals surface area (Å²) in [5, 5.41) is 2.52. The van der Waals surface area contributed by atoms with E-state index in [9.17, 15) is 14.4 Å². The third-order valence-corrected chi connectivity index (χ3v) is 5.66. The number of nitrogens with one attached hydrogen (secondary N) is 1. The minimum atomic E-state index is -0.900. The number of amides is 3. The number of thiophene rings is 1. The van der Waals surface area contributed by atoms with Gasteiger partial charge in [0.1, 0.15) is 4.83 Å². The fourth-order valence-electron chi connectivity index (χ4n) is 2.11. The van der Waals surface area contributed by atoms with Crippen LogP contribution in [0.1, 0.15) is 24.3 Å². The lowest BCUT2D eigenvalue weighted by Gasteiger charge is -2.13. The summed E-state index contributed by atoms with van der Waals surface area (Å²) in [4.78, 5) is 41.5. The molecule has 1 atom stereocenters. The van der Waals surface area contributed by atoms with E-state index in [1.165, 1.54) is 11.3 Å². The second-order valence-electron chi connectivity index (χ2n) is 5.02. The van der Waals surface area contributed by atoms with Gasteiger partial charge in [0.25, 0.3) is 5.56 Å². The van der Waals surface area contributed by atoms with Gasteiger partial charge >= 0.3 is 6.03 Å². The number of carbonyl (C=O) groups is 2. The molecular formula is C14H18N4O3S2. The van der Waals surface area contributed by atoms with Gasteiger partial charge in [-0.2, -0.15) is 0 Å².